The number of hydrogen-bond acceptors (Lipinski definition) is 5. The van der Waals surface area contributed by atoms with Gasteiger partial charge in [-0.3, -0.25) is 4.79 Å². The molecule has 20 heavy (non-hydrogen) atoms. The van der Waals surface area contributed by atoms with Crippen LogP contribution in [-0.4, -0.2) is 50.7 Å². The van der Waals surface area contributed by atoms with Gasteiger partial charge >= 0.3 is 5.97 Å². The van der Waals surface area contributed by atoms with Gasteiger partial charge in [-0.25, -0.2) is 12.7 Å². The van der Waals surface area contributed by atoms with Crippen molar-refractivity contribution in [3.63, 3.8) is 0 Å². The largest absolute Gasteiger partial charge is 0.469 e. The Kier molecular flexibility index (Phi) is 5.04. The van der Waals surface area contributed by atoms with Crippen molar-refractivity contribution in [2.24, 2.45) is 17.6 Å². The van der Waals surface area contributed by atoms with E-state index in [4.69, 9.17) is 5.73 Å². The normalized spacial score (nSPS) is 31.0. The lowest BCUT2D eigenvalue weighted by molar-refractivity contribution is -0.140. The molecular formula is C13H24N2O4S. The molecule has 1 saturated carbocycles. The number of rotatable bonds is 5. The highest BCUT2D eigenvalue weighted by Crippen LogP contribution is 2.36. The first-order valence-corrected chi connectivity index (χ1v) is 8.83. The van der Waals surface area contributed by atoms with Crippen LogP contribution in [0.5, 0.6) is 0 Å². The van der Waals surface area contributed by atoms with Crippen molar-refractivity contribution in [3.05, 3.63) is 0 Å². The molecular weight excluding hydrogens is 280 g/mol. The summed E-state index contributed by atoms with van der Waals surface area (Å²) in [5.41, 5.74) is 5.95. The molecule has 1 aliphatic carbocycles. The topological polar surface area (TPSA) is 89.7 Å². The molecule has 0 spiro atoms. The van der Waals surface area contributed by atoms with Crippen molar-refractivity contribution < 1.29 is 17.9 Å². The van der Waals surface area contributed by atoms with Crippen molar-refractivity contribution in [1.82, 2.24) is 4.31 Å². The van der Waals surface area contributed by atoms with Crippen molar-refractivity contribution >= 4 is 16.0 Å². The van der Waals surface area contributed by atoms with Crippen LogP contribution in [0, 0.1) is 11.8 Å². The minimum atomic E-state index is -3.25. The van der Waals surface area contributed by atoms with Crippen LogP contribution in [0.25, 0.3) is 0 Å². The van der Waals surface area contributed by atoms with Gasteiger partial charge < -0.3 is 10.5 Å². The Balaban J connectivity index is 1.86. The molecule has 2 rings (SSSR count). The zero-order chi connectivity index (χ0) is 14.8. The van der Waals surface area contributed by atoms with E-state index in [0.717, 1.165) is 19.3 Å². The first-order chi connectivity index (χ1) is 9.42. The quantitative estimate of drug-likeness (QED) is 0.739. The van der Waals surface area contributed by atoms with E-state index in [0.29, 0.717) is 31.3 Å². The predicted octanol–water partition coefficient (Wildman–Crippen LogP) is 0.329. The second-order valence-corrected chi connectivity index (χ2v) is 7.99. The number of methoxy groups -OCH3 is 1. The standard InChI is InChI=1S/C13H24N2O4S/c1-19-13(16)3-2-6-20(17,18)15-8-10-4-5-12(14)7-11(10)9-15/h10-12H,2-9,14H2,1H3/t10-,11+,12?/m1/s1. The Hall–Kier alpha value is -0.660. The van der Waals surface area contributed by atoms with Gasteiger partial charge in [0.25, 0.3) is 0 Å². The van der Waals surface area contributed by atoms with Crippen LogP contribution in [0.2, 0.25) is 0 Å². The number of nitrogens with zero attached hydrogens (tertiary/aromatic N) is 1. The van der Waals surface area contributed by atoms with Crippen molar-refractivity contribution in [3.8, 4) is 0 Å². The minimum Gasteiger partial charge on any atom is -0.469 e. The average molecular weight is 304 g/mol. The number of hydrogen-bond donors (Lipinski definition) is 1. The molecule has 0 amide bonds. The van der Waals surface area contributed by atoms with Crippen LogP contribution < -0.4 is 5.73 Å². The van der Waals surface area contributed by atoms with Gasteiger partial charge in [-0.1, -0.05) is 0 Å². The molecule has 0 bridgehead atoms. The number of fused-ring (bicyclic) bond motifs is 1. The molecule has 0 aromatic carbocycles. The minimum absolute atomic E-state index is 0.0214. The van der Waals surface area contributed by atoms with Crippen molar-refractivity contribution in [2.75, 3.05) is 26.0 Å². The maximum atomic E-state index is 12.3. The zero-order valence-corrected chi connectivity index (χ0v) is 12.8. The summed E-state index contributed by atoms with van der Waals surface area (Å²) in [7, 11) is -1.94. The molecule has 0 aromatic rings. The van der Waals surface area contributed by atoms with Gasteiger partial charge in [0.2, 0.25) is 10.0 Å². The molecule has 6 nitrogen and oxygen atoms in total. The third kappa shape index (κ3) is 3.71. The van der Waals surface area contributed by atoms with Crippen LogP contribution in [0.1, 0.15) is 32.1 Å². The van der Waals surface area contributed by atoms with Crippen LogP contribution in [-0.2, 0) is 19.6 Å². The van der Waals surface area contributed by atoms with Crippen molar-refractivity contribution in [1.29, 1.82) is 0 Å². The van der Waals surface area contributed by atoms with E-state index in [1.807, 2.05) is 0 Å². The monoisotopic (exact) mass is 304 g/mol. The van der Waals surface area contributed by atoms with Gasteiger partial charge in [0.15, 0.2) is 0 Å². The number of esters is 1. The Morgan fingerprint density at radius 2 is 2.00 bits per heavy atom. The molecule has 1 heterocycles. The maximum Gasteiger partial charge on any atom is 0.305 e. The summed E-state index contributed by atoms with van der Waals surface area (Å²) in [6.45, 7) is 1.22. The van der Waals surface area contributed by atoms with Gasteiger partial charge in [0.05, 0.1) is 12.9 Å². The molecule has 2 fully saturated rings. The summed E-state index contributed by atoms with van der Waals surface area (Å²) < 4.78 is 30.7. The third-order valence-electron chi connectivity index (χ3n) is 4.46. The Morgan fingerprint density at radius 1 is 1.30 bits per heavy atom. The smallest absolute Gasteiger partial charge is 0.305 e. The molecule has 1 aliphatic heterocycles. The first-order valence-electron chi connectivity index (χ1n) is 7.22. The van der Waals surface area contributed by atoms with Gasteiger partial charge in [0.1, 0.15) is 0 Å². The van der Waals surface area contributed by atoms with Gasteiger partial charge in [-0.05, 0) is 37.5 Å². The van der Waals surface area contributed by atoms with Crippen LogP contribution >= 0.6 is 0 Å². The van der Waals surface area contributed by atoms with Crippen LogP contribution in [0.4, 0.5) is 0 Å². The molecule has 0 aromatic heterocycles. The summed E-state index contributed by atoms with van der Waals surface area (Å²) >= 11 is 0. The lowest BCUT2D eigenvalue weighted by Gasteiger charge is -2.28. The summed E-state index contributed by atoms with van der Waals surface area (Å²) in [6.07, 6.45) is 3.43. The van der Waals surface area contributed by atoms with E-state index in [1.54, 1.807) is 4.31 Å². The summed E-state index contributed by atoms with van der Waals surface area (Å²) in [5, 5.41) is 0. The van der Waals surface area contributed by atoms with Crippen molar-refractivity contribution in [2.45, 2.75) is 38.1 Å². The number of ether oxygens (including phenoxy) is 1. The SMILES string of the molecule is COC(=O)CCCS(=O)(=O)N1C[C@H]2CCC(N)C[C@H]2C1. The number of sulfonamides is 1. The fourth-order valence-electron chi connectivity index (χ4n) is 3.28. The Labute approximate surface area is 120 Å². The summed E-state index contributed by atoms with van der Waals surface area (Å²) in [4.78, 5) is 11.0. The second-order valence-electron chi connectivity index (χ2n) is 5.91. The first kappa shape index (κ1) is 15.7. The molecule has 0 radical (unpaired) electrons. The summed E-state index contributed by atoms with van der Waals surface area (Å²) in [5.74, 6) is 0.536. The third-order valence-corrected chi connectivity index (χ3v) is 6.35. The Bertz CT molecular complexity index is 451. The van der Waals surface area contributed by atoms with Crippen LogP contribution in [0.3, 0.4) is 0 Å². The fraction of sp³-hybridized carbons (Fsp3) is 0.923. The van der Waals surface area contributed by atoms with E-state index in [-0.39, 0.29) is 24.2 Å². The van der Waals surface area contributed by atoms with Crippen LogP contribution in [0.15, 0.2) is 0 Å². The van der Waals surface area contributed by atoms with Gasteiger partial charge in [-0.15, -0.1) is 0 Å². The highest BCUT2D eigenvalue weighted by molar-refractivity contribution is 7.89. The summed E-state index contributed by atoms with van der Waals surface area (Å²) in [6, 6.07) is 0.221. The maximum absolute atomic E-state index is 12.3. The lowest BCUT2D eigenvalue weighted by Crippen LogP contribution is -2.32. The molecule has 2 aliphatic rings. The highest BCUT2D eigenvalue weighted by atomic mass is 32.2. The molecule has 1 saturated heterocycles. The average Bonchev–Trinajstić information content (AvgIpc) is 2.82. The lowest BCUT2D eigenvalue weighted by atomic mass is 9.79. The van der Waals surface area contributed by atoms with Gasteiger partial charge in [0, 0.05) is 25.6 Å². The number of carbonyl (C=O) groups is 1. The van der Waals surface area contributed by atoms with E-state index in [2.05, 4.69) is 4.74 Å². The van der Waals surface area contributed by atoms with E-state index in [9.17, 15) is 13.2 Å². The molecule has 7 heteroatoms. The highest BCUT2D eigenvalue weighted by Gasteiger charge is 2.40. The van der Waals surface area contributed by atoms with E-state index < -0.39 is 10.0 Å². The molecule has 2 N–H and O–H groups in total. The van der Waals surface area contributed by atoms with Gasteiger partial charge in [-0.2, -0.15) is 0 Å². The molecule has 116 valence electrons. The van der Waals surface area contributed by atoms with E-state index in [1.165, 1.54) is 7.11 Å². The zero-order valence-electron chi connectivity index (χ0n) is 12.0. The second kappa shape index (κ2) is 6.41. The number of carbonyl (C=O) groups excluding carboxylic acids is 1. The fourth-order valence-corrected chi connectivity index (χ4v) is 4.89. The molecule has 1 unspecified atom stereocenters. The van der Waals surface area contributed by atoms with E-state index >= 15 is 0 Å². The Morgan fingerprint density at radius 3 is 2.70 bits per heavy atom. The molecule has 3 atom stereocenters. The number of nitrogens with two attached hydrogens (primary N) is 1. The predicted molar refractivity (Wildman–Crippen MR) is 75.4 cm³/mol.